The summed E-state index contributed by atoms with van der Waals surface area (Å²) < 4.78 is 6.00. The number of fused-ring (bicyclic) bond motifs is 1. The molecular formula is C21H22N6O. The van der Waals surface area contributed by atoms with E-state index in [1.54, 1.807) is 0 Å². The number of aromatic nitrogens is 5. The molecule has 0 amide bonds. The Bertz CT molecular complexity index is 1070. The van der Waals surface area contributed by atoms with Crippen molar-refractivity contribution in [3.8, 4) is 28.4 Å². The second-order valence-electron chi connectivity index (χ2n) is 7.12. The SMILES string of the molecule is c1cc(OCCC2CCCN2)cc(-c2n[nH]c3ccc(-c4ncn[nH]4)cc23)c1. The maximum absolute atomic E-state index is 6.00. The predicted molar refractivity (Wildman–Crippen MR) is 108 cm³/mol. The monoisotopic (exact) mass is 374 g/mol. The van der Waals surface area contributed by atoms with Crippen LogP contribution in [-0.2, 0) is 0 Å². The molecule has 2 aromatic carbocycles. The molecule has 2 aromatic heterocycles. The molecule has 1 unspecified atom stereocenters. The van der Waals surface area contributed by atoms with Crippen LogP contribution in [0.4, 0.5) is 0 Å². The van der Waals surface area contributed by atoms with E-state index in [0.29, 0.717) is 6.04 Å². The first kappa shape index (κ1) is 16.9. The van der Waals surface area contributed by atoms with Crippen molar-refractivity contribution >= 4 is 10.9 Å². The first-order chi connectivity index (χ1) is 13.9. The molecule has 1 aliphatic rings. The normalized spacial score (nSPS) is 16.6. The van der Waals surface area contributed by atoms with E-state index in [0.717, 1.165) is 58.9 Å². The molecule has 142 valence electrons. The third-order valence-corrected chi connectivity index (χ3v) is 5.26. The first-order valence-corrected chi connectivity index (χ1v) is 9.67. The van der Waals surface area contributed by atoms with Gasteiger partial charge < -0.3 is 10.1 Å². The van der Waals surface area contributed by atoms with Gasteiger partial charge in [-0.3, -0.25) is 10.2 Å². The lowest BCUT2D eigenvalue weighted by Crippen LogP contribution is -2.23. The molecule has 3 heterocycles. The van der Waals surface area contributed by atoms with Gasteiger partial charge in [0.1, 0.15) is 17.8 Å². The van der Waals surface area contributed by atoms with Crippen LogP contribution >= 0.6 is 0 Å². The average Bonchev–Trinajstić information content (AvgIpc) is 3.49. The molecular weight excluding hydrogens is 352 g/mol. The highest BCUT2D eigenvalue weighted by molar-refractivity contribution is 5.95. The molecule has 28 heavy (non-hydrogen) atoms. The third kappa shape index (κ3) is 3.36. The van der Waals surface area contributed by atoms with Gasteiger partial charge in [0.2, 0.25) is 0 Å². The number of benzene rings is 2. The Morgan fingerprint density at radius 3 is 2.93 bits per heavy atom. The highest BCUT2D eigenvalue weighted by Crippen LogP contribution is 2.31. The molecule has 0 radical (unpaired) electrons. The van der Waals surface area contributed by atoms with Crippen molar-refractivity contribution < 1.29 is 4.74 Å². The summed E-state index contributed by atoms with van der Waals surface area (Å²) in [6, 6.07) is 14.8. The van der Waals surface area contributed by atoms with Gasteiger partial charge >= 0.3 is 0 Å². The zero-order chi connectivity index (χ0) is 18.8. The minimum Gasteiger partial charge on any atom is -0.494 e. The van der Waals surface area contributed by atoms with Crippen LogP contribution in [0.2, 0.25) is 0 Å². The lowest BCUT2D eigenvalue weighted by Gasteiger charge is -2.11. The van der Waals surface area contributed by atoms with Crippen molar-refractivity contribution in [2.24, 2.45) is 0 Å². The molecule has 1 saturated heterocycles. The van der Waals surface area contributed by atoms with E-state index in [-0.39, 0.29) is 0 Å². The summed E-state index contributed by atoms with van der Waals surface area (Å²) in [5.41, 5.74) is 3.89. The average molecular weight is 374 g/mol. The standard InChI is InChI=1S/C21H22N6O/c1-3-14(11-17(5-1)28-10-8-16-4-2-9-22-16)20-18-12-15(21-23-13-24-27-21)6-7-19(18)25-26-20/h1,3,5-7,11-13,16,22H,2,4,8-10H2,(H,25,26)(H,23,24,27). The topological polar surface area (TPSA) is 91.5 Å². The van der Waals surface area contributed by atoms with Gasteiger partial charge in [-0.25, -0.2) is 4.98 Å². The van der Waals surface area contributed by atoms with Crippen LogP contribution < -0.4 is 10.1 Å². The van der Waals surface area contributed by atoms with Gasteiger partial charge in [-0.2, -0.15) is 10.2 Å². The Labute approximate surface area is 162 Å². The van der Waals surface area contributed by atoms with Crippen LogP contribution in [0, 0.1) is 0 Å². The number of nitrogens with zero attached hydrogens (tertiary/aromatic N) is 3. The van der Waals surface area contributed by atoms with Crippen LogP contribution in [0.3, 0.4) is 0 Å². The van der Waals surface area contributed by atoms with Crippen molar-refractivity contribution in [2.45, 2.75) is 25.3 Å². The predicted octanol–water partition coefficient (Wildman–Crippen LogP) is 3.54. The smallest absolute Gasteiger partial charge is 0.155 e. The quantitative estimate of drug-likeness (QED) is 0.480. The summed E-state index contributed by atoms with van der Waals surface area (Å²) in [5.74, 6) is 1.62. The minimum atomic E-state index is 0.591. The zero-order valence-electron chi connectivity index (χ0n) is 15.5. The molecule has 7 heteroatoms. The second kappa shape index (κ2) is 7.44. The van der Waals surface area contributed by atoms with E-state index in [2.05, 4.69) is 48.9 Å². The number of aromatic amines is 2. The fraction of sp³-hybridized carbons (Fsp3) is 0.286. The maximum atomic E-state index is 6.00. The summed E-state index contributed by atoms with van der Waals surface area (Å²) in [6.07, 6.45) is 5.06. The Morgan fingerprint density at radius 2 is 2.07 bits per heavy atom. The van der Waals surface area contributed by atoms with Crippen molar-refractivity contribution in [1.29, 1.82) is 0 Å². The largest absolute Gasteiger partial charge is 0.494 e. The highest BCUT2D eigenvalue weighted by atomic mass is 16.5. The van der Waals surface area contributed by atoms with Gasteiger partial charge in [0.15, 0.2) is 5.82 Å². The van der Waals surface area contributed by atoms with Gasteiger partial charge in [-0.1, -0.05) is 12.1 Å². The highest BCUT2D eigenvalue weighted by Gasteiger charge is 2.14. The Kier molecular flexibility index (Phi) is 4.50. The molecule has 1 fully saturated rings. The summed E-state index contributed by atoms with van der Waals surface area (Å²) in [6.45, 7) is 1.85. The Hall–Kier alpha value is -3.19. The first-order valence-electron chi connectivity index (χ1n) is 9.67. The van der Waals surface area contributed by atoms with Crippen molar-refractivity contribution in [2.75, 3.05) is 13.2 Å². The zero-order valence-corrected chi connectivity index (χ0v) is 15.5. The van der Waals surface area contributed by atoms with Crippen LogP contribution in [0.1, 0.15) is 19.3 Å². The number of H-pyrrole nitrogens is 2. The number of rotatable bonds is 6. The molecule has 3 N–H and O–H groups in total. The number of hydrogen-bond donors (Lipinski definition) is 3. The molecule has 7 nitrogen and oxygen atoms in total. The summed E-state index contributed by atoms with van der Waals surface area (Å²) in [4.78, 5) is 4.24. The van der Waals surface area contributed by atoms with Gasteiger partial charge in [0, 0.05) is 22.6 Å². The fourth-order valence-corrected chi connectivity index (χ4v) is 3.78. The molecule has 1 aliphatic heterocycles. The van der Waals surface area contributed by atoms with E-state index in [1.165, 1.54) is 19.2 Å². The summed E-state index contributed by atoms with van der Waals surface area (Å²) in [7, 11) is 0. The number of hydrogen-bond acceptors (Lipinski definition) is 5. The van der Waals surface area contributed by atoms with Gasteiger partial charge in [0.25, 0.3) is 0 Å². The van der Waals surface area contributed by atoms with E-state index in [4.69, 9.17) is 4.74 Å². The van der Waals surface area contributed by atoms with Crippen LogP contribution in [0.15, 0.2) is 48.8 Å². The molecule has 4 aromatic rings. The van der Waals surface area contributed by atoms with Crippen LogP contribution in [0.25, 0.3) is 33.5 Å². The van der Waals surface area contributed by atoms with E-state index < -0.39 is 0 Å². The summed E-state index contributed by atoms with van der Waals surface area (Å²) >= 11 is 0. The maximum Gasteiger partial charge on any atom is 0.155 e. The van der Waals surface area contributed by atoms with Crippen LogP contribution in [-0.4, -0.2) is 44.6 Å². The molecule has 0 spiro atoms. The van der Waals surface area contributed by atoms with Crippen molar-refractivity contribution in [3.63, 3.8) is 0 Å². The number of nitrogens with one attached hydrogen (secondary N) is 3. The second-order valence-corrected chi connectivity index (χ2v) is 7.12. The van der Waals surface area contributed by atoms with Crippen molar-refractivity contribution in [1.82, 2.24) is 30.7 Å². The number of ether oxygens (including phenoxy) is 1. The lowest BCUT2D eigenvalue weighted by atomic mass is 10.1. The molecule has 0 aliphatic carbocycles. The van der Waals surface area contributed by atoms with E-state index in [9.17, 15) is 0 Å². The molecule has 1 atom stereocenters. The lowest BCUT2D eigenvalue weighted by molar-refractivity contribution is 0.292. The van der Waals surface area contributed by atoms with Gasteiger partial charge in [0.05, 0.1) is 12.1 Å². The van der Waals surface area contributed by atoms with E-state index >= 15 is 0 Å². The van der Waals surface area contributed by atoms with Gasteiger partial charge in [-0.15, -0.1) is 0 Å². The minimum absolute atomic E-state index is 0.591. The van der Waals surface area contributed by atoms with Crippen molar-refractivity contribution in [3.05, 3.63) is 48.8 Å². The fourth-order valence-electron chi connectivity index (χ4n) is 3.78. The molecule has 0 bridgehead atoms. The Morgan fingerprint density at radius 1 is 1.07 bits per heavy atom. The van der Waals surface area contributed by atoms with Gasteiger partial charge in [-0.05, 0) is 56.1 Å². The summed E-state index contributed by atoms with van der Waals surface area (Å²) in [5, 5.41) is 19.0. The third-order valence-electron chi connectivity index (χ3n) is 5.26. The molecule has 5 rings (SSSR count). The molecule has 0 saturated carbocycles. The van der Waals surface area contributed by atoms with Crippen LogP contribution in [0.5, 0.6) is 5.75 Å². The van der Waals surface area contributed by atoms with E-state index in [1.807, 2.05) is 24.3 Å². The Balaban J connectivity index is 1.39.